The molecule has 0 aliphatic heterocycles. The van der Waals surface area contributed by atoms with E-state index in [1.807, 2.05) is 6.07 Å². The highest BCUT2D eigenvalue weighted by atomic mass is 16.1. The molecule has 1 aromatic heterocycles. The van der Waals surface area contributed by atoms with Crippen LogP contribution in [-0.2, 0) is 6.42 Å². The van der Waals surface area contributed by atoms with Crippen molar-refractivity contribution in [3.05, 3.63) is 23.4 Å². The lowest BCUT2D eigenvalue weighted by atomic mass is 10.1. The summed E-state index contributed by atoms with van der Waals surface area (Å²) in [6, 6.07) is 3.48. The topological polar surface area (TPSA) is 68.0 Å². The van der Waals surface area contributed by atoms with Gasteiger partial charge in [-0.1, -0.05) is 20.3 Å². The summed E-state index contributed by atoms with van der Waals surface area (Å²) >= 11 is 0. The van der Waals surface area contributed by atoms with Crippen LogP contribution in [0.25, 0.3) is 0 Å². The lowest BCUT2D eigenvalue weighted by molar-refractivity contribution is 0.0951. The standard InChI is InChI=1S/C14H21N3O/c1-3-4-12-6-10(7-13(15)17-12)14(18)16-8-11-5-9(11)2/h6-7,9,11H,3-5,8H2,1-2H3,(H2,15,17)(H,16,18). The zero-order valence-electron chi connectivity index (χ0n) is 11.1. The molecule has 2 atom stereocenters. The maximum Gasteiger partial charge on any atom is 0.251 e. The second-order valence-electron chi connectivity index (χ2n) is 5.21. The molecule has 3 N–H and O–H groups in total. The lowest BCUT2D eigenvalue weighted by Gasteiger charge is -2.07. The van der Waals surface area contributed by atoms with E-state index < -0.39 is 0 Å². The first-order valence-corrected chi connectivity index (χ1v) is 6.64. The lowest BCUT2D eigenvalue weighted by Crippen LogP contribution is -2.26. The Labute approximate surface area is 108 Å². The number of rotatable bonds is 5. The molecule has 0 radical (unpaired) electrons. The van der Waals surface area contributed by atoms with Crippen LogP contribution in [0, 0.1) is 11.8 Å². The van der Waals surface area contributed by atoms with Gasteiger partial charge in [0.25, 0.3) is 5.91 Å². The smallest absolute Gasteiger partial charge is 0.251 e. The second-order valence-corrected chi connectivity index (χ2v) is 5.21. The first-order chi connectivity index (χ1) is 8.60. The van der Waals surface area contributed by atoms with Crippen LogP contribution in [0.4, 0.5) is 5.82 Å². The molecule has 18 heavy (non-hydrogen) atoms. The largest absolute Gasteiger partial charge is 0.384 e. The molecule has 1 aliphatic rings. The van der Waals surface area contributed by atoms with Gasteiger partial charge in [-0.3, -0.25) is 4.79 Å². The Morgan fingerprint density at radius 2 is 2.28 bits per heavy atom. The molecule has 1 aliphatic carbocycles. The second kappa shape index (κ2) is 5.38. The third kappa shape index (κ3) is 3.22. The molecule has 1 fully saturated rings. The van der Waals surface area contributed by atoms with Crippen LogP contribution in [-0.4, -0.2) is 17.4 Å². The number of amides is 1. The van der Waals surface area contributed by atoms with Crippen LogP contribution in [0.3, 0.4) is 0 Å². The Balaban J connectivity index is 1.99. The van der Waals surface area contributed by atoms with E-state index in [0.29, 0.717) is 17.3 Å². The van der Waals surface area contributed by atoms with Gasteiger partial charge >= 0.3 is 0 Å². The number of carbonyl (C=O) groups excluding carboxylic acids is 1. The van der Waals surface area contributed by atoms with Crippen LogP contribution >= 0.6 is 0 Å². The summed E-state index contributed by atoms with van der Waals surface area (Å²) < 4.78 is 0. The van der Waals surface area contributed by atoms with E-state index in [1.165, 1.54) is 6.42 Å². The number of carbonyl (C=O) groups is 1. The molecule has 1 amide bonds. The number of aryl methyl sites for hydroxylation is 1. The van der Waals surface area contributed by atoms with Crippen molar-refractivity contribution in [3.63, 3.8) is 0 Å². The van der Waals surface area contributed by atoms with Crippen molar-refractivity contribution in [2.45, 2.75) is 33.1 Å². The fraction of sp³-hybridized carbons (Fsp3) is 0.571. The Hall–Kier alpha value is -1.58. The van der Waals surface area contributed by atoms with E-state index in [9.17, 15) is 4.79 Å². The summed E-state index contributed by atoms with van der Waals surface area (Å²) in [4.78, 5) is 16.2. The molecule has 0 spiro atoms. The maximum atomic E-state index is 12.0. The van der Waals surface area contributed by atoms with E-state index in [-0.39, 0.29) is 5.91 Å². The van der Waals surface area contributed by atoms with Gasteiger partial charge in [-0.15, -0.1) is 0 Å². The van der Waals surface area contributed by atoms with Gasteiger partial charge in [0.15, 0.2) is 0 Å². The molecule has 0 saturated heterocycles. The summed E-state index contributed by atoms with van der Waals surface area (Å²) in [5.41, 5.74) is 7.24. The first kappa shape index (κ1) is 12.9. The number of nitrogens with two attached hydrogens (primary N) is 1. The zero-order valence-corrected chi connectivity index (χ0v) is 11.1. The first-order valence-electron chi connectivity index (χ1n) is 6.64. The molecule has 2 rings (SSSR count). The molecule has 1 saturated carbocycles. The minimum absolute atomic E-state index is 0.0412. The fourth-order valence-corrected chi connectivity index (χ4v) is 2.14. The quantitative estimate of drug-likeness (QED) is 0.836. The number of nitrogen functional groups attached to an aromatic ring is 1. The van der Waals surface area contributed by atoms with Gasteiger partial charge in [0.1, 0.15) is 5.82 Å². The Morgan fingerprint density at radius 1 is 1.56 bits per heavy atom. The normalized spacial score (nSPS) is 21.7. The maximum absolute atomic E-state index is 12.0. The third-order valence-corrected chi connectivity index (χ3v) is 3.47. The minimum Gasteiger partial charge on any atom is -0.384 e. The van der Waals surface area contributed by atoms with Crippen LogP contribution in [0.1, 0.15) is 42.7 Å². The highest BCUT2D eigenvalue weighted by molar-refractivity contribution is 5.94. The predicted molar refractivity (Wildman–Crippen MR) is 72.2 cm³/mol. The predicted octanol–water partition coefficient (Wildman–Crippen LogP) is 2.00. The van der Waals surface area contributed by atoms with Gasteiger partial charge in [0.2, 0.25) is 0 Å². The van der Waals surface area contributed by atoms with Crippen molar-refractivity contribution in [1.29, 1.82) is 0 Å². The molecule has 0 bridgehead atoms. The van der Waals surface area contributed by atoms with Crippen molar-refractivity contribution >= 4 is 11.7 Å². The zero-order chi connectivity index (χ0) is 13.1. The van der Waals surface area contributed by atoms with Crippen molar-refractivity contribution in [2.24, 2.45) is 11.8 Å². The molecule has 0 aromatic carbocycles. The number of anilines is 1. The van der Waals surface area contributed by atoms with Crippen LogP contribution < -0.4 is 11.1 Å². The van der Waals surface area contributed by atoms with Gasteiger partial charge < -0.3 is 11.1 Å². The minimum atomic E-state index is -0.0412. The van der Waals surface area contributed by atoms with Crippen molar-refractivity contribution in [2.75, 3.05) is 12.3 Å². The Kier molecular flexibility index (Phi) is 3.84. The Bertz CT molecular complexity index is 445. The van der Waals surface area contributed by atoms with E-state index in [4.69, 9.17) is 5.73 Å². The average Bonchev–Trinajstić information content (AvgIpc) is 3.02. The summed E-state index contributed by atoms with van der Waals surface area (Å²) in [7, 11) is 0. The molecular formula is C14H21N3O. The SMILES string of the molecule is CCCc1cc(C(=O)NCC2CC2C)cc(N)n1. The van der Waals surface area contributed by atoms with Crippen LogP contribution in [0.15, 0.2) is 12.1 Å². The third-order valence-electron chi connectivity index (χ3n) is 3.47. The molecule has 1 heterocycles. The summed E-state index contributed by atoms with van der Waals surface area (Å²) in [5, 5.41) is 2.97. The summed E-state index contributed by atoms with van der Waals surface area (Å²) in [6.07, 6.45) is 3.07. The molecule has 98 valence electrons. The van der Waals surface area contributed by atoms with Crippen molar-refractivity contribution in [3.8, 4) is 0 Å². The fourth-order valence-electron chi connectivity index (χ4n) is 2.14. The highest BCUT2D eigenvalue weighted by Gasteiger charge is 2.32. The molecule has 4 nitrogen and oxygen atoms in total. The number of hydrogen-bond acceptors (Lipinski definition) is 3. The van der Waals surface area contributed by atoms with Crippen LogP contribution in [0.2, 0.25) is 0 Å². The van der Waals surface area contributed by atoms with Gasteiger partial charge in [0.05, 0.1) is 0 Å². The van der Waals surface area contributed by atoms with Crippen molar-refractivity contribution < 1.29 is 4.79 Å². The van der Waals surface area contributed by atoms with E-state index in [2.05, 4.69) is 24.1 Å². The van der Waals surface area contributed by atoms with Crippen molar-refractivity contribution in [1.82, 2.24) is 10.3 Å². The Morgan fingerprint density at radius 3 is 2.89 bits per heavy atom. The number of hydrogen-bond donors (Lipinski definition) is 2. The molecular weight excluding hydrogens is 226 g/mol. The van der Waals surface area contributed by atoms with Gasteiger partial charge in [-0.2, -0.15) is 0 Å². The monoisotopic (exact) mass is 247 g/mol. The summed E-state index contributed by atoms with van der Waals surface area (Å²) in [6.45, 7) is 5.06. The highest BCUT2D eigenvalue weighted by Crippen LogP contribution is 2.36. The van der Waals surface area contributed by atoms with E-state index in [1.54, 1.807) is 6.07 Å². The van der Waals surface area contributed by atoms with E-state index in [0.717, 1.165) is 31.0 Å². The number of pyridine rings is 1. The van der Waals surface area contributed by atoms with E-state index >= 15 is 0 Å². The van der Waals surface area contributed by atoms with Gasteiger partial charge in [-0.25, -0.2) is 4.98 Å². The van der Waals surface area contributed by atoms with Crippen LogP contribution in [0.5, 0.6) is 0 Å². The molecule has 1 aromatic rings. The van der Waals surface area contributed by atoms with Gasteiger partial charge in [-0.05, 0) is 36.8 Å². The van der Waals surface area contributed by atoms with Gasteiger partial charge in [0, 0.05) is 17.8 Å². The number of nitrogens with one attached hydrogen (secondary N) is 1. The molecule has 4 heteroatoms. The number of nitrogens with zero attached hydrogens (tertiary/aromatic N) is 1. The number of aromatic nitrogens is 1. The molecule has 2 unspecified atom stereocenters. The summed E-state index contributed by atoms with van der Waals surface area (Å²) in [5.74, 6) is 1.79. The average molecular weight is 247 g/mol.